The van der Waals surface area contributed by atoms with E-state index in [2.05, 4.69) is 4.72 Å². The van der Waals surface area contributed by atoms with Crippen LogP contribution in [0.3, 0.4) is 0 Å². The molecule has 0 spiro atoms. The van der Waals surface area contributed by atoms with Crippen molar-refractivity contribution in [1.82, 2.24) is 9.03 Å². The first-order valence-corrected chi connectivity index (χ1v) is 7.19. The Bertz CT molecular complexity index is 261. The number of hydrogen-bond acceptors (Lipinski definition) is 3. The lowest BCUT2D eigenvalue weighted by Gasteiger charge is -2.22. The maximum Gasteiger partial charge on any atom is 0.279 e. The van der Waals surface area contributed by atoms with Gasteiger partial charge in [-0.15, -0.1) is 0 Å². The van der Waals surface area contributed by atoms with Crippen molar-refractivity contribution in [1.29, 1.82) is 0 Å². The summed E-state index contributed by atoms with van der Waals surface area (Å²) in [7, 11) is -1.78. The van der Waals surface area contributed by atoms with Crippen molar-refractivity contribution in [3.05, 3.63) is 0 Å². The van der Waals surface area contributed by atoms with Crippen LogP contribution >= 0.6 is 0 Å². The van der Waals surface area contributed by atoms with E-state index < -0.39 is 10.2 Å². The van der Waals surface area contributed by atoms with E-state index in [1.807, 2.05) is 20.8 Å². The summed E-state index contributed by atoms with van der Waals surface area (Å²) in [5.74, 6) is 0. The minimum atomic E-state index is -3.35. The first-order valence-electron chi connectivity index (χ1n) is 5.75. The lowest BCUT2D eigenvalue weighted by atomic mass is 10.4. The number of nitrogens with one attached hydrogen (secondary N) is 1. The van der Waals surface area contributed by atoms with Crippen LogP contribution in [0.2, 0.25) is 0 Å². The van der Waals surface area contributed by atoms with Gasteiger partial charge in [0.2, 0.25) is 0 Å². The van der Waals surface area contributed by atoms with E-state index in [1.54, 1.807) is 7.11 Å². The predicted molar refractivity (Wildman–Crippen MR) is 65.5 cm³/mol. The summed E-state index contributed by atoms with van der Waals surface area (Å²) in [5, 5.41) is 0. The molecule has 0 saturated carbocycles. The first kappa shape index (κ1) is 15.8. The Labute approximate surface area is 99.3 Å². The fourth-order valence-corrected chi connectivity index (χ4v) is 2.72. The van der Waals surface area contributed by atoms with E-state index in [1.165, 1.54) is 4.31 Å². The second-order valence-electron chi connectivity index (χ2n) is 3.80. The van der Waals surface area contributed by atoms with Crippen molar-refractivity contribution in [2.75, 3.05) is 26.7 Å². The Balaban J connectivity index is 4.35. The summed E-state index contributed by atoms with van der Waals surface area (Å²) >= 11 is 0. The van der Waals surface area contributed by atoms with E-state index in [9.17, 15) is 8.42 Å². The molecule has 0 heterocycles. The van der Waals surface area contributed by atoms with E-state index in [0.29, 0.717) is 19.6 Å². The van der Waals surface area contributed by atoms with Crippen molar-refractivity contribution in [3.63, 3.8) is 0 Å². The number of ether oxygens (including phenoxy) is 1. The summed E-state index contributed by atoms with van der Waals surface area (Å²) in [5.41, 5.74) is 0. The zero-order valence-corrected chi connectivity index (χ0v) is 11.5. The van der Waals surface area contributed by atoms with Gasteiger partial charge in [0.05, 0.1) is 6.10 Å². The molecule has 1 atom stereocenters. The van der Waals surface area contributed by atoms with Crippen molar-refractivity contribution in [2.45, 2.75) is 39.7 Å². The van der Waals surface area contributed by atoms with Crippen LogP contribution in [0.4, 0.5) is 0 Å². The zero-order chi connectivity index (χ0) is 12.6. The van der Waals surface area contributed by atoms with Crippen LogP contribution in [0.1, 0.15) is 33.6 Å². The summed E-state index contributed by atoms with van der Waals surface area (Å²) in [4.78, 5) is 0. The van der Waals surface area contributed by atoms with Gasteiger partial charge in [0.15, 0.2) is 0 Å². The Morgan fingerprint density at radius 2 is 1.75 bits per heavy atom. The Morgan fingerprint density at radius 1 is 1.25 bits per heavy atom. The van der Waals surface area contributed by atoms with Crippen LogP contribution in [-0.4, -0.2) is 45.6 Å². The molecule has 0 aliphatic carbocycles. The molecule has 0 aliphatic heterocycles. The van der Waals surface area contributed by atoms with Crippen molar-refractivity contribution in [2.24, 2.45) is 0 Å². The number of rotatable bonds is 9. The Hall–Kier alpha value is -0.170. The minimum Gasteiger partial charge on any atom is -0.380 e. The van der Waals surface area contributed by atoms with Gasteiger partial charge in [0, 0.05) is 26.7 Å². The quantitative estimate of drug-likeness (QED) is 0.665. The maximum absolute atomic E-state index is 11.9. The van der Waals surface area contributed by atoms with Gasteiger partial charge in [-0.3, -0.25) is 0 Å². The fourth-order valence-electron chi connectivity index (χ4n) is 1.25. The van der Waals surface area contributed by atoms with Crippen LogP contribution in [-0.2, 0) is 14.9 Å². The highest BCUT2D eigenvalue weighted by atomic mass is 32.2. The van der Waals surface area contributed by atoms with Crippen molar-refractivity contribution < 1.29 is 13.2 Å². The van der Waals surface area contributed by atoms with Crippen LogP contribution in [0, 0.1) is 0 Å². The third-order valence-electron chi connectivity index (χ3n) is 2.24. The number of hydrogen-bond donors (Lipinski definition) is 1. The monoisotopic (exact) mass is 252 g/mol. The van der Waals surface area contributed by atoms with Crippen LogP contribution in [0.25, 0.3) is 0 Å². The normalized spacial score (nSPS) is 14.3. The second-order valence-corrected chi connectivity index (χ2v) is 5.55. The van der Waals surface area contributed by atoms with Crippen molar-refractivity contribution >= 4 is 10.2 Å². The number of methoxy groups -OCH3 is 1. The molecule has 0 saturated heterocycles. The van der Waals surface area contributed by atoms with E-state index >= 15 is 0 Å². The smallest absolute Gasteiger partial charge is 0.279 e. The molecule has 6 heteroatoms. The Morgan fingerprint density at radius 3 is 2.12 bits per heavy atom. The molecule has 0 rings (SSSR count). The van der Waals surface area contributed by atoms with Gasteiger partial charge >= 0.3 is 0 Å². The molecule has 0 aromatic rings. The molecule has 16 heavy (non-hydrogen) atoms. The third-order valence-corrected chi connectivity index (χ3v) is 3.82. The molecule has 98 valence electrons. The molecular formula is C10H24N2O3S. The van der Waals surface area contributed by atoms with Crippen LogP contribution < -0.4 is 4.72 Å². The summed E-state index contributed by atoms with van der Waals surface area (Å²) in [6, 6.07) is 0. The molecule has 0 aromatic heterocycles. The maximum atomic E-state index is 11.9. The molecule has 0 radical (unpaired) electrons. The van der Waals surface area contributed by atoms with Gasteiger partial charge in [0.25, 0.3) is 10.2 Å². The lowest BCUT2D eigenvalue weighted by Crippen LogP contribution is -2.44. The predicted octanol–water partition coefficient (Wildman–Crippen LogP) is 0.978. The average Bonchev–Trinajstić information content (AvgIpc) is 2.25. The highest BCUT2D eigenvalue weighted by Gasteiger charge is 2.20. The lowest BCUT2D eigenvalue weighted by molar-refractivity contribution is 0.121. The summed E-state index contributed by atoms with van der Waals surface area (Å²) < 4.78 is 32.8. The van der Waals surface area contributed by atoms with Gasteiger partial charge in [-0.25, -0.2) is 0 Å². The fraction of sp³-hybridized carbons (Fsp3) is 1.00. The SMILES string of the molecule is CCCN(CCC)S(=O)(=O)NCC(C)OC. The molecule has 5 nitrogen and oxygen atoms in total. The van der Waals surface area contributed by atoms with Gasteiger partial charge in [-0.1, -0.05) is 13.8 Å². The van der Waals surface area contributed by atoms with Crippen LogP contribution in [0.15, 0.2) is 0 Å². The molecule has 1 unspecified atom stereocenters. The Kier molecular flexibility index (Phi) is 7.91. The molecule has 0 fully saturated rings. The first-order chi connectivity index (χ1) is 7.47. The third kappa shape index (κ3) is 5.79. The van der Waals surface area contributed by atoms with Gasteiger partial charge in [-0.05, 0) is 19.8 Å². The van der Waals surface area contributed by atoms with Crippen LogP contribution in [0.5, 0.6) is 0 Å². The standard InChI is InChI=1S/C10H24N2O3S/c1-5-7-12(8-6-2)16(13,14)11-9-10(3)15-4/h10-11H,5-9H2,1-4H3. The molecule has 1 N–H and O–H groups in total. The van der Waals surface area contributed by atoms with E-state index in [0.717, 1.165) is 12.8 Å². The topological polar surface area (TPSA) is 58.6 Å². The van der Waals surface area contributed by atoms with Crippen molar-refractivity contribution in [3.8, 4) is 0 Å². The molecule has 0 bridgehead atoms. The minimum absolute atomic E-state index is 0.111. The highest BCUT2D eigenvalue weighted by Crippen LogP contribution is 2.01. The zero-order valence-electron chi connectivity index (χ0n) is 10.7. The average molecular weight is 252 g/mol. The summed E-state index contributed by atoms with van der Waals surface area (Å²) in [6.07, 6.45) is 1.53. The molecule has 0 amide bonds. The van der Waals surface area contributed by atoms with E-state index in [-0.39, 0.29) is 6.10 Å². The van der Waals surface area contributed by atoms with Gasteiger partial charge in [0.1, 0.15) is 0 Å². The molecular weight excluding hydrogens is 228 g/mol. The molecule has 0 aromatic carbocycles. The second kappa shape index (κ2) is 8.00. The highest BCUT2D eigenvalue weighted by molar-refractivity contribution is 7.87. The largest absolute Gasteiger partial charge is 0.380 e. The summed E-state index contributed by atoms with van der Waals surface area (Å²) in [6.45, 7) is 7.19. The number of nitrogens with zero attached hydrogens (tertiary/aromatic N) is 1. The van der Waals surface area contributed by atoms with Gasteiger partial charge < -0.3 is 4.74 Å². The molecule has 0 aliphatic rings. The van der Waals surface area contributed by atoms with E-state index in [4.69, 9.17) is 4.74 Å². The van der Waals surface area contributed by atoms with Gasteiger partial charge in [-0.2, -0.15) is 17.4 Å².